The molecule has 0 N–H and O–H groups in total. The SMILES string of the molecule is C.CCCCCC1CCC(C2CC=C(c3ccc(OCC)c(Cl)c3F)CC2)CC1. The molecule has 0 aromatic heterocycles. The van der Waals surface area contributed by atoms with Crippen molar-refractivity contribution >= 4 is 17.2 Å². The molecule has 1 aromatic rings. The molecule has 2 aliphatic rings. The molecule has 1 saturated carbocycles. The molecule has 3 rings (SSSR count). The minimum atomic E-state index is -0.329. The summed E-state index contributed by atoms with van der Waals surface area (Å²) in [5, 5.41) is 0.115. The molecule has 2 aliphatic carbocycles. The molecule has 164 valence electrons. The van der Waals surface area contributed by atoms with Crippen molar-refractivity contribution < 1.29 is 9.13 Å². The molecule has 0 saturated heterocycles. The summed E-state index contributed by atoms with van der Waals surface area (Å²) < 4.78 is 20.1. The van der Waals surface area contributed by atoms with Crippen LogP contribution in [0.2, 0.25) is 5.02 Å². The molecule has 1 unspecified atom stereocenters. The number of benzene rings is 1. The van der Waals surface area contributed by atoms with Gasteiger partial charge in [-0.15, -0.1) is 0 Å². The molecule has 1 atom stereocenters. The van der Waals surface area contributed by atoms with E-state index in [-0.39, 0.29) is 18.3 Å². The van der Waals surface area contributed by atoms with Crippen LogP contribution < -0.4 is 4.74 Å². The Labute approximate surface area is 183 Å². The van der Waals surface area contributed by atoms with Gasteiger partial charge in [0, 0.05) is 5.56 Å². The zero-order chi connectivity index (χ0) is 19.9. The van der Waals surface area contributed by atoms with Crippen molar-refractivity contribution in [2.45, 2.75) is 91.9 Å². The van der Waals surface area contributed by atoms with Gasteiger partial charge in [-0.3, -0.25) is 0 Å². The van der Waals surface area contributed by atoms with Crippen LogP contribution in [0.5, 0.6) is 5.75 Å². The van der Waals surface area contributed by atoms with E-state index < -0.39 is 0 Å². The molecule has 0 bridgehead atoms. The summed E-state index contributed by atoms with van der Waals surface area (Å²) in [6, 6.07) is 3.64. The Balaban J connectivity index is 0.00000300. The van der Waals surface area contributed by atoms with E-state index in [0.717, 1.165) is 36.2 Å². The first-order valence-corrected chi connectivity index (χ1v) is 11.8. The van der Waals surface area contributed by atoms with Crippen LogP contribution in [0.15, 0.2) is 18.2 Å². The Kier molecular flexibility index (Phi) is 10.0. The molecule has 0 amide bonds. The summed E-state index contributed by atoms with van der Waals surface area (Å²) in [4.78, 5) is 0. The second kappa shape index (κ2) is 12.0. The van der Waals surface area contributed by atoms with Crippen LogP contribution in [0.3, 0.4) is 0 Å². The highest BCUT2D eigenvalue weighted by Crippen LogP contribution is 2.43. The average Bonchev–Trinajstić information content (AvgIpc) is 2.73. The van der Waals surface area contributed by atoms with Crippen LogP contribution in [-0.4, -0.2) is 6.61 Å². The number of hydrogen-bond acceptors (Lipinski definition) is 1. The zero-order valence-electron chi connectivity index (χ0n) is 17.6. The third-order valence-corrected chi connectivity index (χ3v) is 7.27. The highest BCUT2D eigenvalue weighted by atomic mass is 35.5. The van der Waals surface area contributed by atoms with Crippen LogP contribution >= 0.6 is 11.6 Å². The minimum absolute atomic E-state index is 0. The summed E-state index contributed by atoms with van der Waals surface area (Å²) in [6.07, 6.45) is 16.7. The number of allylic oxidation sites excluding steroid dienone is 2. The van der Waals surface area contributed by atoms with Crippen molar-refractivity contribution in [3.05, 3.63) is 34.6 Å². The lowest BCUT2D eigenvalue weighted by Crippen LogP contribution is -2.23. The largest absolute Gasteiger partial charge is 0.492 e. The van der Waals surface area contributed by atoms with Crippen molar-refractivity contribution in [3.8, 4) is 5.75 Å². The minimum Gasteiger partial charge on any atom is -0.492 e. The van der Waals surface area contributed by atoms with E-state index in [9.17, 15) is 4.39 Å². The van der Waals surface area contributed by atoms with E-state index in [1.807, 2.05) is 13.0 Å². The summed E-state index contributed by atoms with van der Waals surface area (Å²) in [5.74, 6) is 2.73. The quantitative estimate of drug-likeness (QED) is 0.379. The van der Waals surface area contributed by atoms with E-state index in [4.69, 9.17) is 16.3 Å². The van der Waals surface area contributed by atoms with Gasteiger partial charge in [0.05, 0.1) is 6.61 Å². The van der Waals surface area contributed by atoms with E-state index in [2.05, 4.69) is 13.0 Å². The monoisotopic (exact) mass is 422 g/mol. The van der Waals surface area contributed by atoms with Crippen LogP contribution in [-0.2, 0) is 0 Å². The molecule has 0 spiro atoms. The Morgan fingerprint density at radius 1 is 1.03 bits per heavy atom. The van der Waals surface area contributed by atoms with Gasteiger partial charge in [0.15, 0.2) is 5.82 Å². The van der Waals surface area contributed by atoms with Gasteiger partial charge in [-0.2, -0.15) is 0 Å². The van der Waals surface area contributed by atoms with Gasteiger partial charge < -0.3 is 4.74 Å². The topological polar surface area (TPSA) is 9.23 Å². The first kappa shape index (κ1) is 24.3. The lowest BCUT2D eigenvalue weighted by molar-refractivity contribution is 0.187. The Hall–Kier alpha value is -1.02. The summed E-state index contributed by atoms with van der Waals surface area (Å²) in [5.41, 5.74) is 1.78. The third-order valence-electron chi connectivity index (χ3n) is 6.92. The normalized spacial score (nSPS) is 24.6. The predicted octanol–water partition coefficient (Wildman–Crippen LogP) is 9.08. The van der Waals surface area contributed by atoms with Gasteiger partial charge in [-0.25, -0.2) is 4.39 Å². The van der Waals surface area contributed by atoms with Crippen molar-refractivity contribution in [1.82, 2.24) is 0 Å². The number of hydrogen-bond donors (Lipinski definition) is 0. The fourth-order valence-corrected chi connectivity index (χ4v) is 5.42. The van der Waals surface area contributed by atoms with Crippen LogP contribution in [0.1, 0.15) is 97.5 Å². The molecule has 0 aliphatic heterocycles. The molecule has 1 nitrogen and oxygen atoms in total. The maximum atomic E-state index is 14.7. The highest BCUT2D eigenvalue weighted by molar-refractivity contribution is 6.32. The van der Waals surface area contributed by atoms with Gasteiger partial charge in [-0.05, 0) is 74.5 Å². The summed E-state index contributed by atoms with van der Waals surface area (Å²) in [6.45, 7) is 4.66. The van der Waals surface area contributed by atoms with Gasteiger partial charge in [0.2, 0.25) is 0 Å². The van der Waals surface area contributed by atoms with Crippen molar-refractivity contribution in [1.29, 1.82) is 0 Å². The van der Waals surface area contributed by atoms with Crippen LogP contribution in [0, 0.1) is 23.6 Å². The summed E-state index contributed by atoms with van der Waals surface area (Å²) >= 11 is 6.18. The molecule has 29 heavy (non-hydrogen) atoms. The zero-order valence-corrected chi connectivity index (χ0v) is 18.4. The predicted molar refractivity (Wildman–Crippen MR) is 124 cm³/mol. The van der Waals surface area contributed by atoms with Crippen molar-refractivity contribution in [2.24, 2.45) is 17.8 Å². The van der Waals surface area contributed by atoms with Crippen molar-refractivity contribution in [3.63, 3.8) is 0 Å². The number of rotatable bonds is 8. The van der Waals surface area contributed by atoms with Crippen molar-refractivity contribution in [2.75, 3.05) is 6.61 Å². The van der Waals surface area contributed by atoms with E-state index in [0.29, 0.717) is 17.9 Å². The summed E-state index contributed by atoms with van der Waals surface area (Å²) in [7, 11) is 0. The van der Waals surface area contributed by atoms with Crippen LogP contribution in [0.4, 0.5) is 4.39 Å². The lowest BCUT2D eigenvalue weighted by atomic mass is 9.70. The molecule has 1 fully saturated rings. The van der Waals surface area contributed by atoms with E-state index >= 15 is 0 Å². The third kappa shape index (κ3) is 6.23. The highest BCUT2D eigenvalue weighted by Gasteiger charge is 2.29. The number of halogens is 2. The maximum absolute atomic E-state index is 14.7. The molecular formula is C26H40ClFO. The van der Waals surface area contributed by atoms with E-state index in [1.54, 1.807) is 6.07 Å². The Morgan fingerprint density at radius 3 is 2.41 bits per heavy atom. The lowest BCUT2D eigenvalue weighted by Gasteiger charge is -2.35. The molecular weight excluding hydrogens is 383 g/mol. The average molecular weight is 423 g/mol. The number of ether oxygens (including phenoxy) is 1. The maximum Gasteiger partial charge on any atom is 0.153 e. The van der Waals surface area contributed by atoms with Gasteiger partial charge in [-0.1, -0.05) is 70.6 Å². The smallest absolute Gasteiger partial charge is 0.153 e. The van der Waals surface area contributed by atoms with Gasteiger partial charge in [0.25, 0.3) is 0 Å². The standard InChI is InChI=1S/C25H36ClFO.CH4/c1-3-5-6-7-18-8-10-19(11-9-18)20-12-14-21(15-13-20)22-16-17-23(28-4-2)24(26)25(22)27;/h14,16-20H,3-13,15H2,1-2H3;1H4. The first-order valence-electron chi connectivity index (χ1n) is 11.4. The fourth-order valence-electron chi connectivity index (χ4n) is 5.21. The van der Waals surface area contributed by atoms with E-state index in [1.165, 1.54) is 57.8 Å². The Morgan fingerprint density at radius 2 is 1.79 bits per heavy atom. The van der Waals surface area contributed by atoms with Gasteiger partial charge >= 0.3 is 0 Å². The second-order valence-electron chi connectivity index (χ2n) is 8.71. The number of unbranched alkanes of at least 4 members (excludes halogenated alkanes) is 2. The second-order valence-corrected chi connectivity index (χ2v) is 9.09. The molecule has 0 radical (unpaired) electrons. The Bertz CT molecular complexity index is 661. The molecule has 3 heteroatoms. The molecule has 0 heterocycles. The fraction of sp³-hybridized carbons (Fsp3) is 0.692. The van der Waals surface area contributed by atoms with Gasteiger partial charge in [0.1, 0.15) is 10.8 Å². The first-order chi connectivity index (χ1) is 13.6. The van der Waals surface area contributed by atoms with Crippen LogP contribution in [0.25, 0.3) is 5.57 Å². The molecule has 1 aromatic carbocycles.